The molecule has 1 aromatic carbocycles. The number of rotatable bonds is 4. The second-order valence-electron chi connectivity index (χ2n) is 6.86. The van der Waals surface area contributed by atoms with Crippen molar-refractivity contribution < 1.29 is 13.9 Å². The molecule has 2 atom stereocenters. The SMILES string of the molecule is CCOc1ccc2[nH]cc(NC(=O)C3CC4C(C3)C4(C)F)c2c1. The lowest BCUT2D eigenvalue weighted by molar-refractivity contribution is -0.120. The van der Waals surface area contributed by atoms with Crippen molar-refractivity contribution in [3.05, 3.63) is 24.4 Å². The molecule has 0 radical (unpaired) electrons. The van der Waals surface area contributed by atoms with E-state index in [1.165, 1.54) is 0 Å². The number of carbonyl (C=O) groups is 1. The lowest BCUT2D eigenvalue weighted by Crippen LogP contribution is -2.24. The number of ether oxygens (including phenoxy) is 1. The molecule has 2 unspecified atom stereocenters. The van der Waals surface area contributed by atoms with E-state index in [1.54, 1.807) is 13.1 Å². The van der Waals surface area contributed by atoms with E-state index in [0.29, 0.717) is 19.4 Å². The summed E-state index contributed by atoms with van der Waals surface area (Å²) in [6.07, 6.45) is 3.12. The summed E-state index contributed by atoms with van der Waals surface area (Å²) in [7, 11) is 0. The predicted molar refractivity (Wildman–Crippen MR) is 87.3 cm³/mol. The fourth-order valence-electron chi connectivity index (χ4n) is 4.07. The minimum absolute atomic E-state index is 0.00397. The number of aromatic amines is 1. The maximum Gasteiger partial charge on any atom is 0.227 e. The molecule has 122 valence electrons. The van der Waals surface area contributed by atoms with Gasteiger partial charge in [0.15, 0.2) is 0 Å². The third kappa shape index (κ3) is 2.30. The average Bonchev–Trinajstić information content (AvgIpc) is 2.96. The van der Waals surface area contributed by atoms with Gasteiger partial charge in [0.25, 0.3) is 0 Å². The van der Waals surface area contributed by atoms with Crippen molar-refractivity contribution in [3.8, 4) is 5.75 Å². The average molecular weight is 316 g/mol. The summed E-state index contributed by atoms with van der Waals surface area (Å²) in [5.74, 6) is 0.853. The molecule has 4 nitrogen and oxygen atoms in total. The van der Waals surface area contributed by atoms with Gasteiger partial charge >= 0.3 is 0 Å². The number of anilines is 1. The third-order valence-electron chi connectivity index (χ3n) is 5.50. The van der Waals surface area contributed by atoms with Crippen molar-refractivity contribution in [1.29, 1.82) is 0 Å². The second-order valence-corrected chi connectivity index (χ2v) is 6.86. The van der Waals surface area contributed by atoms with E-state index in [1.807, 2.05) is 25.1 Å². The highest BCUT2D eigenvalue weighted by Gasteiger charge is 2.67. The van der Waals surface area contributed by atoms with Gasteiger partial charge in [-0.15, -0.1) is 0 Å². The number of nitrogens with one attached hydrogen (secondary N) is 2. The van der Waals surface area contributed by atoms with Crippen LogP contribution in [0.5, 0.6) is 5.75 Å². The molecule has 2 saturated carbocycles. The monoisotopic (exact) mass is 316 g/mol. The first-order valence-corrected chi connectivity index (χ1v) is 8.24. The third-order valence-corrected chi connectivity index (χ3v) is 5.50. The molecule has 0 aliphatic heterocycles. The Morgan fingerprint density at radius 3 is 2.87 bits per heavy atom. The fraction of sp³-hybridized carbons (Fsp3) is 0.500. The number of halogens is 1. The van der Waals surface area contributed by atoms with Crippen LogP contribution in [-0.4, -0.2) is 23.2 Å². The number of hydrogen-bond donors (Lipinski definition) is 2. The molecule has 2 aliphatic carbocycles. The summed E-state index contributed by atoms with van der Waals surface area (Å²) < 4.78 is 19.4. The highest BCUT2D eigenvalue weighted by Crippen LogP contribution is 2.64. The first-order chi connectivity index (χ1) is 11.0. The largest absolute Gasteiger partial charge is 0.494 e. The van der Waals surface area contributed by atoms with E-state index >= 15 is 0 Å². The highest BCUT2D eigenvalue weighted by atomic mass is 19.1. The van der Waals surface area contributed by atoms with Gasteiger partial charge < -0.3 is 15.0 Å². The van der Waals surface area contributed by atoms with Gasteiger partial charge in [-0.2, -0.15) is 0 Å². The van der Waals surface area contributed by atoms with Crippen LogP contribution in [0, 0.1) is 17.8 Å². The number of alkyl halides is 1. The molecule has 2 aromatic rings. The molecule has 1 aromatic heterocycles. The molecule has 0 bridgehead atoms. The van der Waals surface area contributed by atoms with Crippen LogP contribution in [-0.2, 0) is 4.79 Å². The van der Waals surface area contributed by atoms with E-state index in [9.17, 15) is 9.18 Å². The van der Waals surface area contributed by atoms with Crippen LogP contribution in [0.4, 0.5) is 10.1 Å². The lowest BCUT2D eigenvalue weighted by Gasteiger charge is -2.15. The van der Waals surface area contributed by atoms with E-state index < -0.39 is 5.67 Å². The molecule has 5 heteroatoms. The summed E-state index contributed by atoms with van der Waals surface area (Å²) in [5, 5.41) is 3.93. The Morgan fingerprint density at radius 1 is 1.43 bits per heavy atom. The molecule has 23 heavy (non-hydrogen) atoms. The summed E-state index contributed by atoms with van der Waals surface area (Å²) in [4.78, 5) is 15.6. The zero-order chi connectivity index (χ0) is 16.2. The number of fused-ring (bicyclic) bond motifs is 2. The first kappa shape index (κ1) is 14.5. The van der Waals surface area contributed by atoms with E-state index in [0.717, 1.165) is 22.3 Å². The summed E-state index contributed by atoms with van der Waals surface area (Å²) >= 11 is 0. The minimum atomic E-state index is -1.04. The number of carbonyl (C=O) groups excluding carboxylic acids is 1. The van der Waals surface area contributed by atoms with E-state index in [-0.39, 0.29) is 23.7 Å². The molecule has 1 heterocycles. The zero-order valence-corrected chi connectivity index (χ0v) is 13.4. The van der Waals surface area contributed by atoms with Crippen LogP contribution < -0.4 is 10.1 Å². The molecule has 2 aliphatic rings. The van der Waals surface area contributed by atoms with Crippen molar-refractivity contribution in [2.75, 3.05) is 11.9 Å². The second kappa shape index (κ2) is 4.98. The molecule has 2 fully saturated rings. The molecule has 1 amide bonds. The Bertz CT molecular complexity index is 753. The Labute approximate surface area is 134 Å². The molecule has 4 rings (SSSR count). The fourth-order valence-corrected chi connectivity index (χ4v) is 4.07. The van der Waals surface area contributed by atoms with Crippen LogP contribution in [0.3, 0.4) is 0 Å². The van der Waals surface area contributed by atoms with Crippen LogP contribution >= 0.6 is 0 Å². The zero-order valence-electron chi connectivity index (χ0n) is 13.4. The highest BCUT2D eigenvalue weighted by molar-refractivity contribution is 6.02. The maximum atomic E-state index is 13.9. The van der Waals surface area contributed by atoms with Crippen molar-refractivity contribution in [2.24, 2.45) is 17.8 Å². The van der Waals surface area contributed by atoms with Gasteiger partial charge in [0.2, 0.25) is 5.91 Å². The molecule has 0 saturated heterocycles. The Balaban J connectivity index is 1.49. The Kier molecular flexibility index (Phi) is 3.15. The van der Waals surface area contributed by atoms with Crippen LogP contribution in [0.25, 0.3) is 10.9 Å². The van der Waals surface area contributed by atoms with E-state index in [2.05, 4.69) is 10.3 Å². The topological polar surface area (TPSA) is 54.1 Å². The van der Waals surface area contributed by atoms with Gasteiger partial charge in [0.05, 0.1) is 12.3 Å². The van der Waals surface area contributed by atoms with Crippen molar-refractivity contribution in [3.63, 3.8) is 0 Å². The van der Waals surface area contributed by atoms with Gasteiger partial charge in [-0.05, 0) is 56.7 Å². The smallest absolute Gasteiger partial charge is 0.227 e. The Morgan fingerprint density at radius 2 is 2.17 bits per heavy atom. The van der Waals surface area contributed by atoms with Gasteiger partial charge in [0.1, 0.15) is 11.4 Å². The number of hydrogen-bond acceptors (Lipinski definition) is 2. The maximum absolute atomic E-state index is 13.9. The summed E-state index contributed by atoms with van der Waals surface area (Å²) in [5.41, 5.74) is 0.675. The quantitative estimate of drug-likeness (QED) is 0.899. The minimum Gasteiger partial charge on any atom is -0.494 e. The van der Waals surface area contributed by atoms with Gasteiger partial charge in [0, 0.05) is 23.0 Å². The predicted octanol–water partition coefficient (Wildman–Crippen LogP) is 3.89. The number of aromatic nitrogens is 1. The van der Waals surface area contributed by atoms with Crippen LogP contribution in [0.2, 0.25) is 0 Å². The normalized spacial score (nSPS) is 31.9. The standard InChI is InChI=1S/C18H21FN2O2/c1-3-23-11-4-5-15-12(8-11)16(9-20-15)21-17(22)10-6-13-14(7-10)18(13,2)19/h4-5,8-10,13-14,20H,3,6-7H2,1-2H3,(H,21,22). The van der Waals surface area contributed by atoms with Gasteiger partial charge in [-0.1, -0.05) is 0 Å². The summed E-state index contributed by atoms with van der Waals surface area (Å²) in [6.45, 7) is 4.20. The van der Waals surface area contributed by atoms with E-state index in [4.69, 9.17) is 4.74 Å². The van der Waals surface area contributed by atoms with Gasteiger partial charge in [-0.25, -0.2) is 4.39 Å². The number of H-pyrrole nitrogens is 1. The number of benzene rings is 1. The molecular formula is C18H21FN2O2. The lowest BCUT2D eigenvalue weighted by atomic mass is 9.98. The van der Waals surface area contributed by atoms with Crippen molar-refractivity contribution >= 4 is 22.5 Å². The Hall–Kier alpha value is -2.04. The molecule has 0 spiro atoms. The molecule has 2 N–H and O–H groups in total. The summed E-state index contributed by atoms with van der Waals surface area (Å²) in [6, 6.07) is 5.77. The van der Waals surface area contributed by atoms with Crippen LogP contribution in [0.15, 0.2) is 24.4 Å². The number of amides is 1. The van der Waals surface area contributed by atoms with Crippen molar-refractivity contribution in [1.82, 2.24) is 4.98 Å². The first-order valence-electron chi connectivity index (χ1n) is 8.24. The van der Waals surface area contributed by atoms with Crippen molar-refractivity contribution in [2.45, 2.75) is 32.4 Å². The molecular weight excluding hydrogens is 295 g/mol. The van der Waals surface area contributed by atoms with Crippen LogP contribution in [0.1, 0.15) is 26.7 Å². The van der Waals surface area contributed by atoms with Gasteiger partial charge in [-0.3, -0.25) is 4.79 Å².